The van der Waals surface area contributed by atoms with Crippen LogP contribution in [0.15, 0.2) is 158 Å². The summed E-state index contributed by atoms with van der Waals surface area (Å²) in [7, 11) is 0. The molecule has 0 aromatic heterocycles. The van der Waals surface area contributed by atoms with E-state index in [1.807, 2.05) is 109 Å². The predicted octanol–water partition coefficient (Wildman–Crippen LogP) is 18.2. The van der Waals surface area contributed by atoms with Crippen LogP contribution in [0.4, 0.5) is 0 Å². The number of hydrogen-bond donors (Lipinski definition) is 0. The molecule has 1 unspecified atom stereocenters. The summed E-state index contributed by atoms with van der Waals surface area (Å²) < 4.78 is 16.8. The molecule has 0 rings (SSSR count). The van der Waals surface area contributed by atoms with Crippen molar-refractivity contribution in [1.29, 1.82) is 0 Å². The molecule has 0 N–H and O–H groups in total. The van der Waals surface area contributed by atoms with E-state index >= 15 is 0 Å². The smallest absolute Gasteiger partial charge is 0.306 e. The third-order valence-electron chi connectivity index (χ3n) is 10.8. The molecule has 0 radical (unpaired) electrons. The van der Waals surface area contributed by atoms with Crippen LogP contribution in [0, 0.1) is 0 Å². The SMILES string of the molecule is CC\C=C/C=C\C=C/C=C\C=C\C=C/C=C\CCCCCC(=O)OCC(COC(=O)CCCCC/C=C\CCCCCCCCC)OC(=O)CCCCCCC\C=C/C=C\C=C/C=C\C=C/CCC. The van der Waals surface area contributed by atoms with Crippen molar-refractivity contribution in [1.82, 2.24) is 0 Å². The fraction of sp³-hybridized carbons (Fsp3) is 0.540. The highest BCUT2D eigenvalue weighted by Crippen LogP contribution is 2.13. The van der Waals surface area contributed by atoms with E-state index in [0.29, 0.717) is 12.8 Å². The lowest BCUT2D eigenvalue weighted by atomic mass is 10.1. The van der Waals surface area contributed by atoms with Crippen LogP contribution in [-0.2, 0) is 28.6 Å². The van der Waals surface area contributed by atoms with Crippen LogP contribution in [0.5, 0.6) is 0 Å². The van der Waals surface area contributed by atoms with Gasteiger partial charge < -0.3 is 14.2 Å². The van der Waals surface area contributed by atoms with Crippen molar-refractivity contribution < 1.29 is 28.6 Å². The van der Waals surface area contributed by atoms with Crippen molar-refractivity contribution in [2.45, 2.75) is 207 Å². The first-order valence-electron chi connectivity index (χ1n) is 27.2. The molecule has 0 aliphatic heterocycles. The summed E-state index contributed by atoms with van der Waals surface area (Å²) in [6.07, 6.45) is 80.7. The summed E-state index contributed by atoms with van der Waals surface area (Å²) in [6.45, 7) is 6.30. The number of allylic oxidation sites excluding steroid dienone is 26. The topological polar surface area (TPSA) is 78.9 Å². The number of carbonyl (C=O) groups is 3. The highest BCUT2D eigenvalue weighted by molar-refractivity contribution is 5.71. The van der Waals surface area contributed by atoms with Gasteiger partial charge in [-0.2, -0.15) is 0 Å². The number of carbonyl (C=O) groups excluding carboxylic acids is 3. The van der Waals surface area contributed by atoms with E-state index in [0.717, 1.165) is 103 Å². The minimum Gasteiger partial charge on any atom is -0.462 e. The highest BCUT2D eigenvalue weighted by Gasteiger charge is 2.19. The first-order valence-corrected chi connectivity index (χ1v) is 27.2. The summed E-state index contributed by atoms with van der Waals surface area (Å²) in [4.78, 5) is 38.1. The van der Waals surface area contributed by atoms with Crippen LogP contribution in [-0.4, -0.2) is 37.2 Å². The van der Waals surface area contributed by atoms with E-state index in [9.17, 15) is 14.4 Å². The van der Waals surface area contributed by atoms with E-state index < -0.39 is 6.10 Å². The molecule has 0 spiro atoms. The minimum absolute atomic E-state index is 0.119. The molecule has 0 bridgehead atoms. The Morgan fingerprint density at radius 3 is 1.00 bits per heavy atom. The molecule has 0 amide bonds. The predicted molar refractivity (Wildman–Crippen MR) is 297 cm³/mol. The van der Waals surface area contributed by atoms with Crippen LogP contribution in [0.3, 0.4) is 0 Å². The largest absolute Gasteiger partial charge is 0.462 e. The second-order valence-electron chi connectivity index (χ2n) is 17.4. The summed E-state index contributed by atoms with van der Waals surface area (Å²) in [5.74, 6) is -1.02. The van der Waals surface area contributed by atoms with Gasteiger partial charge >= 0.3 is 17.9 Å². The van der Waals surface area contributed by atoms with Gasteiger partial charge in [-0.1, -0.05) is 256 Å². The van der Waals surface area contributed by atoms with Gasteiger partial charge in [0.1, 0.15) is 13.2 Å². The molecule has 0 aliphatic carbocycles. The fourth-order valence-corrected chi connectivity index (χ4v) is 6.74. The quantitative estimate of drug-likeness (QED) is 0.0199. The Labute approximate surface area is 422 Å². The van der Waals surface area contributed by atoms with Crippen LogP contribution in [0.2, 0.25) is 0 Å². The summed E-state index contributed by atoms with van der Waals surface area (Å²) >= 11 is 0. The Hall–Kier alpha value is -4.97. The third-order valence-corrected chi connectivity index (χ3v) is 10.8. The molecule has 0 aromatic carbocycles. The number of hydrogen-bond acceptors (Lipinski definition) is 6. The zero-order chi connectivity index (χ0) is 50.0. The average molecular weight is 949 g/mol. The molecule has 1 atom stereocenters. The van der Waals surface area contributed by atoms with Crippen molar-refractivity contribution in [3.8, 4) is 0 Å². The molecule has 0 heterocycles. The van der Waals surface area contributed by atoms with E-state index in [4.69, 9.17) is 14.2 Å². The number of ether oxygens (including phenoxy) is 3. The minimum atomic E-state index is -0.825. The Balaban J connectivity index is 4.61. The summed E-state index contributed by atoms with van der Waals surface area (Å²) in [6, 6.07) is 0. The maximum absolute atomic E-state index is 12.8. The van der Waals surface area contributed by atoms with Crippen LogP contribution < -0.4 is 0 Å². The van der Waals surface area contributed by atoms with Crippen molar-refractivity contribution in [3.63, 3.8) is 0 Å². The fourth-order valence-electron chi connectivity index (χ4n) is 6.74. The highest BCUT2D eigenvalue weighted by atomic mass is 16.6. The van der Waals surface area contributed by atoms with Crippen molar-refractivity contribution in [2.75, 3.05) is 13.2 Å². The Kier molecular flexibility index (Phi) is 51.6. The van der Waals surface area contributed by atoms with Gasteiger partial charge in [0.05, 0.1) is 0 Å². The van der Waals surface area contributed by atoms with Gasteiger partial charge in [-0.05, 0) is 83.5 Å². The van der Waals surface area contributed by atoms with Crippen LogP contribution in [0.1, 0.15) is 201 Å². The molecule has 6 heteroatoms. The van der Waals surface area contributed by atoms with Crippen molar-refractivity contribution >= 4 is 17.9 Å². The second kappa shape index (κ2) is 55.6. The zero-order valence-corrected chi connectivity index (χ0v) is 43.8. The lowest BCUT2D eigenvalue weighted by Gasteiger charge is -2.18. The molecular formula is C63H96O6. The van der Waals surface area contributed by atoms with Crippen LogP contribution in [0.25, 0.3) is 0 Å². The maximum Gasteiger partial charge on any atom is 0.306 e. The van der Waals surface area contributed by atoms with E-state index in [1.54, 1.807) is 0 Å². The standard InChI is InChI=1S/C63H96O6/c1-4-7-10-13-16-19-22-25-28-30-32-34-35-38-41-44-47-50-53-56-62(65)68-59-60(58-67-61(64)55-52-49-46-43-40-37-27-24-21-18-15-12-9-6-3)69-63(66)57-54-51-48-45-42-39-36-33-31-29-26-23-20-17-14-11-8-5-2/h7,10-11,13-14,16-17,19-20,22-23,25-26,28-38,40-41,60H,4-6,8-9,12,15,18,21,24,27,39,42-59H2,1-3H3/b10-7-,14-11-,16-13-,20-17-,22-19-,26-23-,28-25-,31-29-,32-30+,35-34-,36-33-,40-37-,41-38-. The normalized spacial score (nSPS) is 13.4. The Bertz CT molecular complexity index is 1610. The molecular weight excluding hydrogens is 853 g/mol. The molecule has 384 valence electrons. The van der Waals surface area contributed by atoms with Gasteiger partial charge in [0.15, 0.2) is 6.10 Å². The number of esters is 3. The van der Waals surface area contributed by atoms with Gasteiger partial charge in [-0.25, -0.2) is 0 Å². The van der Waals surface area contributed by atoms with Gasteiger partial charge in [0.2, 0.25) is 0 Å². The summed E-state index contributed by atoms with van der Waals surface area (Å²) in [5.41, 5.74) is 0. The molecule has 0 saturated heterocycles. The Morgan fingerprint density at radius 2 is 0.609 bits per heavy atom. The molecule has 0 fully saturated rings. The molecule has 0 aliphatic rings. The first-order chi connectivity index (χ1) is 34.0. The van der Waals surface area contributed by atoms with E-state index in [2.05, 4.69) is 69.4 Å². The molecule has 6 nitrogen and oxygen atoms in total. The Morgan fingerprint density at radius 1 is 0.304 bits per heavy atom. The van der Waals surface area contributed by atoms with Crippen molar-refractivity contribution in [3.05, 3.63) is 158 Å². The number of rotatable bonds is 46. The zero-order valence-electron chi connectivity index (χ0n) is 43.8. The monoisotopic (exact) mass is 949 g/mol. The van der Waals surface area contributed by atoms with Gasteiger partial charge in [0, 0.05) is 19.3 Å². The average Bonchev–Trinajstić information content (AvgIpc) is 3.35. The van der Waals surface area contributed by atoms with E-state index in [-0.39, 0.29) is 44.0 Å². The summed E-state index contributed by atoms with van der Waals surface area (Å²) in [5, 5.41) is 0. The number of unbranched alkanes of at least 4 members (excludes halogenated alkanes) is 19. The molecule has 0 saturated carbocycles. The van der Waals surface area contributed by atoms with Gasteiger partial charge in [-0.15, -0.1) is 0 Å². The lowest BCUT2D eigenvalue weighted by Crippen LogP contribution is -2.30. The van der Waals surface area contributed by atoms with Gasteiger partial charge in [-0.3, -0.25) is 14.4 Å². The first kappa shape index (κ1) is 64.0. The molecule has 69 heavy (non-hydrogen) atoms. The second-order valence-corrected chi connectivity index (χ2v) is 17.4. The van der Waals surface area contributed by atoms with Crippen LogP contribution >= 0.6 is 0 Å². The van der Waals surface area contributed by atoms with Crippen molar-refractivity contribution in [2.24, 2.45) is 0 Å². The van der Waals surface area contributed by atoms with E-state index in [1.165, 1.54) is 51.4 Å². The lowest BCUT2D eigenvalue weighted by molar-refractivity contribution is -0.167. The third kappa shape index (κ3) is 53.8. The molecule has 0 aromatic rings. The maximum atomic E-state index is 12.8. The van der Waals surface area contributed by atoms with Gasteiger partial charge in [0.25, 0.3) is 0 Å².